The molecule has 0 spiro atoms. The average molecular weight is 481 g/mol. The Balaban J connectivity index is 1.76. The fourth-order valence-electron chi connectivity index (χ4n) is 2.82. The predicted molar refractivity (Wildman–Crippen MR) is 125 cm³/mol. The molecule has 0 bridgehead atoms. The molecule has 1 aromatic heterocycles. The normalized spacial score (nSPS) is 11.2. The minimum Gasteiger partial charge on any atom is -0.492 e. The molecule has 0 saturated heterocycles. The van der Waals surface area contributed by atoms with Crippen LogP contribution >= 0.6 is 23.2 Å². The van der Waals surface area contributed by atoms with Gasteiger partial charge in [0, 0.05) is 29.3 Å². The van der Waals surface area contributed by atoms with Crippen molar-refractivity contribution in [2.75, 3.05) is 35.9 Å². The van der Waals surface area contributed by atoms with E-state index in [0.717, 1.165) is 0 Å². The molecule has 0 radical (unpaired) electrons. The summed E-state index contributed by atoms with van der Waals surface area (Å²) in [5, 5.41) is 4.22. The largest absolute Gasteiger partial charge is 0.492 e. The van der Waals surface area contributed by atoms with Gasteiger partial charge >= 0.3 is 0 Å². The van der Waals surface area contributed by atoms with Gasteiger partial charge in [-0.1, -0.05) is 23.2 Å². The first-order valence-corrected chi connectivity index (χ1v) is 11.7. The van der Waals surface area contributed by atoms with E-state index in [4.69, 9.17) is 33.7 Å². The molecule has 1 heterocycles. The lowest BCUT2D eigenvalue weighted by atomic mass is 10.3. The Morgan fingerprint density at radius 1 is 1.00 bits per heavy atom. The quantitative estimate of drug-likeness (QED) is 0.425. The van der Waals surface area contributed by atoms with Crippen LogP contribution in [-0.2, 0) is 10.0 Å². The first kappa shape index (κ1) is 23.1. The number of nitrogens with one attached hydrogen (secondary N) is 1. The second-order valence-corrected chi connectivity index (χ2v) is 9.16. The molecule has 0 saturated carbocycles. The van der Waals surface area contributed by atoms with Gasteiger partial charge in [-0.2, -0.15) is 0 Å². The molecule has 10 heteroatoms. The fraction of sp³-hybridized carbons (Fsp3) is 0.190. The lowest BCUT2D eigenvalue weighted by Gasteiger charge is -2.26. The minimum atomic E-state index is -3.86. The van der Waals surface area contributed by atoms with Crippen LogP contribution in [0.1, 0.15) is 0 Å². The molecule has 0 aliphatic carbocycles. The lowest BCUT2D eigenvalue weighted by Crippen LogP contribution is -2.36. The van der Waals surface area contributed by atoms with Gasteiger partial charge in [-0.3, -0.25) is 4.31 Å². The van der Waals surface area contributed by atoms with Crippen LogP contribution < -0.4 is 20.1 Å². The zero-order chi connectivity index (χ0) is 22.3. The second kappa shape index (κ2) is 10.7. The molecular formula is C21H22Cl2N4O3S. The van der Waals surface area contributed by atoms with Crippen molar-refractivity contribution < 1.29 is 13.2 Å². The molecule has 3 N–H and O–H groups in total. The van der Waals surface area contributed by atoms with Crippen molar-refractivity contribution in [1.82, 2.24) is 4.98 Å². The number of hydrogen-bond donors (Lipinski definition) is 2. The third kappa shape index (κ3) is 6.01. The highest BCUT2D eigenvalue weighted by Gasteiger charge is 2.26. The van der Waals surface area contributed by atoms with Crippen LogP contribution in [0.3, 0.4) is 0 Å². The summed E-state index contributed by atoms with van der Waals surface area (Å²) in [4.78, 5) is 4.42. The maximum Gasteiger partial charge on any atom is 0.264 e. The summed E-state index contributed by atoms with van der Waals surface area (Å²) in [6.07, 6.45) is 1.58. The first-order chi connectivity index (χ1) is 14.9. The van der Waals surface area contributed by atoms with Crippen molar-refractivity contribution in [3.8, 4) is 5.75 Å². The van der Waals surface area contributed by atoms with Crippen molar-refractivity contribution in [1.29, 1.82) is 0 Å². The van der Waals surface area contributed by atoms with Crippen molar-refractivity contribution >= 4 is 44.7 Å². The fourth-order valence-corrected chi connectivity index (χ4v) is 4.56. The van der Waals surface area contributed by atoms with Crippen LogP contribution in [0.15, 0.2) is 71.8 Å². The number of benzene rings is 2. The highest BCUT2D eigenvalue weighted by Crippen LogP contribution is 2.29. The summed E-state index contributed by atoms with van der Waals surface area (Å²) in [6, 6.07) is 16.4. The number of nitrogens with two attached hydrogens (primary N) is 1. The van der Waals surface area contributed by atoms with Gasteiger partial charge in [0.1, 0.15) is 12.4 Å². The van der Waals surface area contributed by atoms with Gasteiger partial charge < -0.3 is 15.8 Å². The second-order valence-electron chi connectivity index (χ2n) is 6.42. The molecule has 2 aromatic carbocycles. The Bertz CT molecular complexity index is 1090. The average Bonchev–Trinajstić information content (AvgIpc) is 2.77. The Hall–Kier alpha value is -2.52. The van der Waals surface area contributed by atoms with Crippen LogP contribution in [-0.4, -0.2) is 39.6 Å². The van der Waals surface area contributed by atoms with Crippen LogP contribution in [0, 0.1) is 0 Å². The van der Waals surface area contributed by atoms with Gasteiger partial charge in [-0.05, 0) is 60.7 Å². The van der Waals surface area contributed by atoms with E-state index >= 15 is 0 Å². The van der Waals surface area contributed by atoms with E-state index < -0.39 is 10.0 Å². The van der Waals surface area contributed by atoms with Crippen molar-refractivity contribution in [3.63, 3.8) is 0 Å². The number of nitrogens with zero attached hydrogens (tertiary/aromatic N) is 2. The number of aromatic nitrogens is 1. The van der Waals surface area contributed by atoms with Crippen LogP contribution in [0.2, 0.25) is 10.0 Å². The Kier molecular flexibility index (Phi) is 7.97. The molecule has 0 atom stereocenters. The monoisotopic (exact) mass is 480 g/mol. The molecule has 0 aliphatic rings. The number of halogens is 2. The van der Waals surface area contributed by atoms with E-state index in [9.17, 15) is 8.42 Å². The molecule has 0 aliphatic heterocycles. The predicted octanol–water partition coefficient (Wildman–Crippen LogP) is 4.03. The molecule has 3 rings (SSSR count). The summed E-state index contributed by atoms with van der Waals surface area (Å²) in [5.74, 6) is 1.09. The minimum absolute atomic E-state index is 0.0899. The number of sulfonamides is 1. The molecule has 0 unspecified atom stereocenters. The van der Waals surface area contributed by atoms with E-state index in [2.05, 4.69) is 10.3 Å². The van der Waals surface area contributed by atoms with E-state index in [-0.39, 0.29) is 18.0 Å². The van der Waals surface area contributed by atoms with Gasteiger partial charge in [0.25, 0.3) is 10.0 Å². The summed E-state index contributed by atoms with van der Waals surface area (Å²) < 4.78 is 33.4. The maximum atomic E-state index is 13.3. The maximum absolute atomic E-state index is 13.3. The summed E-state index contributed by atoms with van der Waals surface area (Å²) in [6.45, 7) is 0.982. The molecule has 0 fully saturated rings. The molecule has 31 heavy (non-hydrogen) atoms. The number of anilines is 2. The van der Waals surface area contributed by atoms with Gasteiger partial charge in [-0.15, -0.1) is 0 Å². The highest BCUT2D eigenvalue weighted by atomic mass is 35.5. The smallest absolute Gasteiger partial charge is 0.264 e. The third-order valence-corrected chi connectivity index (χ3v) is 6.60. The zero-order valence-corrected chi connectivity index (χ0v) is 18.9. The molecule has 164 valence electrons. The Labute approximate surface area is 191 Å². The Morgan fingerprint density at radius 3 is 2.29 bits per heavy atom. The van der Waals surface area contributed by atoms with E-state index in [1.165, 1.54) is 28.6 Å². The van der Waals surface area contributed by atoms with Crippen LogP contribution in [0.5, 0.6) is 5.75 Å². The standard InChI is InChI=1S/C21H22Cl2N4O3S/c22-16-3-7-18(8-4-16)30-15-13-26-21-20(2-1-12-25-21)27(14-11-24)31(28,29)19-9-5-17(23)6-10-19/h1-10,12H,11,13-15,24H2,(H,25,26). The van der Waals surface area contributed by atoms with Gasteiger partial charge in [0.15, 0.2) is 5.82 Å². The highest BCUT2D eigenvalue weighted by molar-refractivity contribution is 7.92. The summed E-state index contributed by atoms with van der Waals surface area (Å²) >= 11 is 11.8. The topological polar surface area (TPSA) is 97.5 Å². The number of ether oxygens (including phenoxy) is 1. The summed E-state index contributed by atoms with van der Waals surface area (Å²) in [5.41, 5.74) is 6.11. The van der Waals surface area contributed by atoms with E-state index in [1.807, 2.05) is 0 Å². The zero-order valence-electron chi connectivity index (χ0n) is 16.5. The van der Waals surface area contributed by atoms with E-state index in [1.54, 1.807) is 42.6 Å². The molecular weight excluding hydrogens is 459 g/mol. The van der Waals surface area contributed by atoms with Crippen molar-refractivity contribution in [3.05, 3.63) is 76.9 Å². The SMILES string of the molecule is NCCN(c1cccnc1NCCOc1ccc(Cl)cc1)S(=O)(=O)c1ccc(Cl)cc1. The van der Waals surface area contributed by atoms with Crippen molar-refractivity contribution in [2.45, 2.75) is 4.90 Å². The molecule has 7 nitrogen and oxygen atoms in total. The molecule has 3 aromatic rings. The van der Waals surface area contributed by atoms with Gasteiger partial charge in [0.2, 0.25) is 0 Å². The number of pyridine rings is 1. The molecule has 0 amide bonds. The van der Waals surface area contributed by atoms with Crippen LogP contribution in [0.25, 0.3) is 0 Å². The third-order valence-electron chi connectivity index (χ3n) is 4.27. The number of hydrogen-bond acceptors (Lipinski definition) is 6. The first-order valence-electron chi connectivity index (χ1n) is 9.47. The van der Waals surface area contributed by atoms with E-state index in [0.29, 0.717) is 40.5 Å². The van der Waals surface area contributed by atoms with Gasteiger partial charge in [0.05, 0.1) is 17.1 Å². The summed E-state index contributed by atoms with van der Waals surface area (Å²) in [7, 11) is -3.86. The lowest BCUT2D eigenvalue weighted by molar-refractivity contribution is 0.333. The Morgan fingerprint density at radius 2 is 1.65 bits per heavy atom. The van der Waals surface area contributed by atoms with Crippen LogP contribution in [0.4, 0.5) is 11.5 Å². The van der Waals surface area contributed by atoms with Gasteiger partial charge in [-0.25, -0.2) is 13.4 Å². The van der Waals surface area contributed by atoms with Crippen molar-refractivity contribution in [2.24, 2.45) is 5.73 Å². The number of rotatable bonds is 10.